The molecule has 1 aromatic carbocycles. The van der Waals surface area contributed by atoms with Crippen molar-refractivity contribution in [3.05, 3.63) is 58.1 Å². The molecule has 3 aromatic rings. The summed E-state index contributed by atoms with van der Waals surface area (Å²) in [6, 6.07) is 6.05. The number of aromatic nitrogens is 3. The lowest BCUT2D eigenvalue weighted by atomic mass is 10.1. The third-order valence-corrected chi connectivity index (χ3v) is 4.38. The number of carbonyl (C=O) groups excluding carboxylic acids is 1. The average molecular weight is 407 g/mol. The van der Waals surface area contributed by atoms with Gasteiger partial charge >= 0.3 is 5.97 Å². The highest BCUT2D eigenvalue weighted by Gasteiger charge is 2.16. The maximum Gasteiger partial charge on any atom is 0.343 e. The number of rotatable bonds is 5. The molecule has 2 heterocycles. The maximum atomic E-state index is 13.5. The van der Waals surface area contributed by atoms with Gasteiger partial charge in [0.1, 0.15) is 17.2 Å². The van der Waals surface area contributed by atoms with Crippen molar-refractivity contribution in [2.75, 3.05) is 11.9 Å². The van der Waals surface area contributed by atoms with E-state index in [0.717, 1.165) is 10.0 Å². The Labute approximate surface area is 152 Å². The number of nitrogens with one attached hydrogen (secondary N) is 1. The van der Waals surface area contributed by atoms with Crippen LogP contribution in [-0.2, 0) is 4.74 Å². The highest BCUT2D eigenvalue weighted by atomic mass is 79.9. The van der Waals surface area contributed by atoms with E-state index in [1.54, 1.807) is 25.3 Å². The number of fused-ring (bicyclic) bond motifs is 1. The van der Waals surface area contributed by atoms with Gasteiger partial charge in [-0.1, -0.05) is 15.9 Å². The van der Waals surface area contributed by atoms with Crippen LogP contribution < -0.4 is 5.32 Å². The minimum absolute atomic E-state index is 0.200. The molecule has 25 heavy (non-hydrogen) atoms. The number of esters is 1. The Morgan fingerprint density at radius 2 is 2.24 bits per heavy atom. The second-order valence-corrected chi connectivity index (χ2v) is 6.25. The Hall–Kier alpha value is -2.48. The van der Waals surface area contributed by atoms with Crippen molar-refractivity contribution in [3.63, 3.8) is 0 Å². The van der Waals surface area contributed by atoms with Crippen LogP contribution in [0, 0.1) is 5.82 Å². The fourth-order valence-corrected chi connectivity index (χ4v) is 3.04. The van der Waals surface area contributed by atoms with Crippen LogP contribution in [0.3, 0.4) is 0 Å². The van der Waals surface area contributed by atoms with Gasteiger partial charge in [0.2, 0.25) is 0 Å². The van der Waals surface area contributed by atoms with E-state index in [1.165, 1.54) is 22.8 Å². The molecule has 2 aromatic heterocycles. The molecule has 1 atom stereocenters. The third-order valence-electron chi connectivity index (χ3n) is 3.65. The van der Waals surface area contributed by atoms with E-state index in [0.29, 0.717) is 17.0 Å². The molecule has 0 unspecified atom stereocenters. The number of carbonyl (C=O) groups is 1. The van der Waals surface area contributed by atoms with Crippen molar-refractivity contribution < 1.29 is 13.9 Å². The molecule has 6 nitrogen and oxygen atoms in total. The molecule has 8 heteroatoms. The average Bonchev–Trinajstić information content (AvgIpc) is 3.00. The molecule has 0 aliphatic rings. The fraction of sp³-hybridized carbons (Fsp3) is 0.235. The van der Waals surface area contributed by atoms with Crippen LogP contribution in [0.2, 0.25) is 0 Å². The summed E-state index contributed by atoms with van der Waals surface area (Å²) in [6.45, 7) is 3.91. The molecule has 130 valence electrons. The van der Waals surface area contributed by atoms with Gasteiger partial charge in [0.25, 0.3) is 0 Å². The van der Waals surface area contributed by atoms with Crippen molar-refractivity contribution in [2.45, 2.75) is 19.9 Å². The second-order valence-electron chi connectivity index (χ2n) is 5.39. The minimum atomic E-state index is -0.469. The summed E-state index contributed by atoms with van der Waals surface area (Å²) in [4.78, 5) is 16.4. The van der Waals surface area contributed by atoms with Crippen molar-refractivity contribution in [1.82, 2.24) is 14.6 Å². The van der Waals surface area contributed by atoms with Gasteiger partial charge in [-0.3, -0.25) is 0 Å². The Balaban J connectivity index is 1.90. The number of hydrogen-bond donors (Lipinski definition) is 1. The van der Waals surface area contributed by atoms with Crippen molar-refractivity contribution in [1.29, 1.82) is 0 Å². The van der Waals surface area contributed by atoms with Crippen molar-refractivity contribution in [3.8, 4) is 0 Å². The topological polar surface area (TPSA) is 68.5 Å². The van der Waals surface area contributed by atoms with E-state index >= 15 is 0 Å². The number of ether oxygens (including phenoxy) is 1. The zero-order chi connectivity index (χ0) is 18.0. The van der Waals surface area contributed by atoms with Gasteiger partial charge in [0, 0.05) is 10.7 Å². The predicted molar refractivity (Wildman–Crippen MR) is 95.1 cm³/mol. The summed E-state index contributed by atoms with van der Waals surface area (Å²) in [5, 5.41) is 7.30. The van der Waals surface area contributed by atoms with Crippen LogP contribution in [0.25, 0.3) is 5.65 Å². The van der Waals surface area contributed by atoms with Crippen molar-refractivity contribution in [2.24, 2.45) is 0 Å². The monoisotopic (exact) mass is 406 g/mol. The highest BCUT2D eigenvalue weighted by molar-refractivity contribution is 9.10. The van der Waals surface area contributed by atoms with Crippen LogP contribution in [0.15, 0.2) is 41.1 Å². The zero-order valence-corrected chi connectivity index (χ0v) is 15.2. The molecule has 0 radical (unpaired) electrons. The summed E-state index contributed by atoms with van der Waals surface area (Å²) in [6.07, 6.45) is 3.12. The van der Waals surface area contributed by atoms with Gasteiger partial charge in [-0.2, -0.15) is 5.10 Å². The van der Waals surface area contributed by atoms with E-state index in [-0.39, 0.29) is 18.5 Å². The smallest absolute Gasteiger partial charge is 0.343 e. The Kier molecular flexibility index (Phi) is 4.98. The summed E-state index contributed by atoms with van der Waals surface area (Å²) < 4.78 is 20.8. The Morgan fingerprint density at radius 1 is 1.44 bits per heavy atom. The van der Waals surface area contributed by atoms with E-state index in [9.17, 15) is 9.18 Å². The molecule has 0 bridgehead atoms. The molecule has 0 amide bonds. The van der Waals surface area contributed by atoms with Crippen LogP contribution in [0.4, 0.5) is 10.2 Å². The molecular weight excluding hydrogens is 391 g/mol. The second kappa shape index (κ2) is 7.18. The van der Waals surface area contributed by atoms with Gasteiger partial charge in [-0.25, -0.2) is 18.7 Å². The van der Waals surface area contributed by atoms with E-state index in [4.69, 9.17) is 4.74 Å². The third kappa shape index (κ3) is 3.63. The number of halogens is 2. The van der Waals surface area contributed by atoms with Gasteiger partial charge in [0.05, 0.1) is 18.8 Å². The molecule has 1 N–H and O–H groups in total. The number of hydrogen-bond acceptors (Lipinski definition) is 5. The molecule has 0 spiro atoms. The van der Waals surface area contributed by atoms with E-state index in [1.807, 2.05) is 6.92 Å². The van der Waals surface area contributed by atoms with E-state index < -0.39 is 5.97 Å². The minimum Gasteiger partial charge on any atom is -0.462 e. The summed E-state index contributed by atoms with van der Waals surface area (Å²) in [7, 11) is 0. The fourth-order valence-electron chi connectivity index (χ4n) is 2.45. The lowest BCUT2D eigenvalue weighted by molar-refractivity contribution is 0.0528. The molecule has 0 fully saturated rings. The van der Waals surface area contributed by atoms with Gasteiger partial charge in [-0.05, 0) is 43.7 Å². The first-order valence-corrected chi connectivity index (χ1v) is 8.52. The summed E-state index contributed by atoms with van der Waals surface area (Å²) >= 11 is 3.42. The van der Waals surface area contributed by atoms with Crippen LogP contribution in [-0.4, -0.2) is 27.2 Å². The normalized spacial score (nSPS) is 12.2. The Bertz CT molecular complexity index is 928. The van der Waals surface area contributed by atoms with E-state index in [2.05, 4.69) is 31.3 Å². The zero-order valence-electron chi connectivity index (χ0n) is 13.7. The first kappa shape index (κ1) is 17.3. The molecule has 0 aliphatic carbocycles. The molecule has 0 aliphatic heterocycles. The molecule has 0 saturated carbocycles. The molecule has 0 saturated heterocycles. The van der Waals surface area contributed by atoms with Crippen LogP contribution in [0.5, 0.6) is 0 Å². The summed E-state index contributed by atoms with van der Waals surface area (Å²) in [5.41, 5.74) is 1.46. The molecule has 3 rings (SSSR count). The SMILES string of the molecule is CCOC(=O)c1cnn2ccc(N[C@H](C)c3cc(F)ccc3Br)nc12. The number of anilines is 1. The highest BCUT2D eigenvalue weighted by Crippen LogP contribution is 2.27. The standard InChI is InChI=1S/C17H16BrFN4O2/c1-3-25-17(24)13-9-20-23-7-6-15(22-16(13)23)21-10(2)12-8-11(19)4-5-14(12)18/h4-10H,3H2,1-2H3,(H,21,22)/t10-/m1/s1. The maximum absolute atomic E-state index is 13.5. The van der Waals surface area contributed by atoms with Crippen molar-refractivity contribution >= 4 is 33.4 Å². The largest absolute Gasteiger partial charge is 0.462 e. The Morgan fingerprint density at radius 3 is 3.00 bits per heavy atom. The number of benzene rings is 1. The van der Waals surface area contributed by atoms with Gasteiger partial charge < -0.3 is 10.1 Å². The van der Waals surface area contributed by atoms with Crippen LogP contribution in [0.1, 0.15) is 35.8 Å². The summed E-state index contributed by atoms with van der Waals surface area (Å²) in [5.74, 6) is -0.235. The first-order chi connectivity index (χ1) is 12.0. The van der Waals surface area contributed by atoms with Crippen LogP contribution >= 0.6 is 15.9 Å². The first-order valence-electron chi connectivity index (χ1n) is 7.72. The lowest BCUT2D eigenvalue weighted by Crippen LogP contribution is -2.10. The van der Waals surface area contributed by atoms with Gasteiger partial charge in [0.15, 0.2) is 5.65 Å². The lowest BCUT2D eigenvalue weighted by Gasteiger charge is -2.16. The number of nitrogens with zero attached hydrogens (tertiary/aromatic N) is 3. The van der Waals surface area contributed by atoms with Gasteiger partial charge in [-0.15, -0.1) is 0 Å². The molecular formula is C17H16BrFN4O2. The quantitative estimate of drug-likeness (QED) is 0.648. The predicted octanol–water partition coefficient (Wildman–Crippen LogP) is 3.98.